The molecule has 8 nitrogen and oxygen atoms in total. The van der Waals surface area contributed by atoms with Gasteiger partial charge in [-0.2, -0.15) is 0 Å². The summed E-state index contributed by atoms with van der Waals surface area (Å²) in [5.74, 6) is -1.43. The molecular weight excluding hydrogens is 561 g/mol. The first-order chi connectivity index (χ1) is 17.5. The minimum Gasteiger partial charge on any atom is -0.455 e. The third kappa shape index (κ3) is 7.88. The third-order valence-electron chi connectivity index (χ3n) is 9.86. The Morgan fingerprint density at radius 2 is 1.23 bits per heavy atom. The molecule has 0 saturated carbocycles. The number of aliphatic hydroxyl groups is 1. The zero-order valence-electron chi connectivity index (χ0n) is 28.5. The molecule has 6 atom stereocenters. The van der Waals surface area contributed by atoms with Gasteiger partial charge in [-0.05, 0) is 68.2 Å². The Balaban J connectivity index is 2.47. The van der Waals surface area contributed by atoms with E-state index in [1.807, 2.05) is 13.8 Å². The molecule has 0 unspecified atom stereocenters. The van der Waals surface area contributed by atoms with Crippen LogP contribution in [0.4, 0.5) is 0 Å². The lowest BCUT2D eigenvalue weighted by atomic mass is 9.99. The van der Waals surface area contributed by atoms with Gasteiger partial charge in [0, 0.05) is 0 Å². The zero-order valence-corrected chi connectivity index (χ0v) is 31.5. The Morgan fingerprint density at radius 1 is 0.775 bits per heavy atom. The molecule has 0 radical (unpaired) electrons. The van der Waals surface area contributed by atoms with Crippen molar-refractivity contribution < 1.29 is 37.4 Å². The van der Waals surface area contributed by atoms with E-state index in [2.05, 4.69) is 102 Å². The van der Waals surface area contributed by atoms with Gasteiger partial charge in [0.2, 0.25) is 0 Å². The van der Waals surface area contributed by atoms with E-state index < -0.39 is 73.3 Å². The van der Waals surface area contributed by atoms with Crippen molar-refractivity contribution >= 4 is 30.9 Å². The SMILES string of the molecule is CC1(C)O[C@H]([C@H]2OC(=O)[C@@H](O[Si](C)(C)C(C)(C)C)[C@@H]2O[Si](C)(C)C(C)(C)C)[C@@H]([C@@H](O)CO[Si](C)(C)C(C)(C)C)O1. The number of cyclic esters (lactones) is 1. The van der Waals surface area contributed by atoms with E-state index in [1.54, 1.807) is 0 Å². The topological polar surface area (TPSA) is 92.7 Å². The van der Waals surface area contributed by atoms with E-state index in [0.717, 1.165) is 0 Å². The average Bonchev–Trinajstić information content (AvgIpc) is 3.19. The van der Waals surface area contributed by atoms with Crippen molar-refractivity contribution in [1.29, 1.82) is 0 Å². The standard InChI is InChI=1S/C29H60O8Si3/c1-26(2,3)38(12,13)32-18-19(30)20-22(35-29(10,11)34-20)21-23(36-39(14,15)27(4,5)6)24(25(31)33-21)37-40(16,17)28(7,8)9/h19-24,30H,18H2,1-17H3/t19-,20+,21+,22-,23+,24-/m0/s1. The number of hydrogen-bond acceptors (Lipinski definition) is 8. The zero-order chi connectivity index (χ0) is 31.5. The van der Waals surface area contributed by atoms with E-state index in [1.165, 1.54) is 0 Å². The summed E-state index contributed by atoms with van der Waals surface area (Å²) in [6, 6.07) is 0. The largest absolute Gasteiger partial charge is 0.455 e. The van der Waals surface area contributed by atoms with Crippen LogP contribution in [-0.4, -0.2) is 85.0 Å². The molecule has 0 aromatic rings. The quantitative estimate of drug-likeness (QED) is 0.228. The fourth-order valence-corrected chi connectivity index (χ4v) is 7.59. The van der Waals surface area contributed by atoms with E-state index in [9.17, 15) is 9.90 Å². The van der Waals surface area contributed by atoms with Gasteiger partial charge in [0.25, 0.3) is 0 Å². The van der Waals surface area contributed by atoms with Crippen LogP contribution in [0.15, 0.2) is 0 Å². The first kappa shape index (κ1) is 36.1. The molecule has 0 aromatic carbocycles. The highest BCUT2D eigenvalue weighted by molar-refractivity contribution is 6.75. The molecule has 0 aromatic heterocycles. The van der Waals surface area contributed by atoms with Gasteiger partial charge in [-0.1, -0.05) is 62.3 Å². The van der Waals surface area contributed by atoms with E-state index in [0.29, 0.717) is 0 Å². The molecule has 2 aliphatic heterocycles. The number of rotatable bonds is 9. The van der Waals surface area contributed by atoms with Gasteiger partial charge in [0.15, 0.2) is 42.9 Å². The van der Waals surface area contributed by atoms with Crippen LogP contribution in [0.25, 0.3) is 0 Å². The highest BCUT2D eigenvalue weighted by atomic mass is 28.4. The molecule has 11 heteroatoms. The number of ether oxygens (including phenoxy) is 3. The van der Waals surface area contributed by atoms with Gasteiger partial charge < -0.3 is 32.6 Å². The Labute approximate surface area is 247 Å². The molecule has 2 heterocycles. The summed E-state index contributed by atoms with van der Waals surface area (Å²) in [5.41, 5.74) is 0. The van der Waals surface area contributed by atoms with Crippen LogP contribution < -0.4 is 0 Å². The van der Waals surface area contributed by atoms with Gasteiger partial charge in [-0.15, -0.1) is 0 Å². The molecule has 2 aliphatic rings. The third-order valence-corrected chi connectivity index (χ3v) is 23.3. The summed E-state index contributed by atoms with van der Waals surface area (Å²) in [6.07, 6.45) is -4.87. The number of hydrogen-bond donors (Lipinski definition) is 1. The predicted octanol–water partition coefficient (Wildman–Crippen LogP) is 6.60. The van der Waals surface area contributed by atoms with Crippen molar-refractivity contribution in [2.45, 2.75) is 173 Å². The first-order valence-corrected chi connectivity index (χ1v) is 23.5. The summed E-state index contributed by atoms with van der Waals surface area (Å²) in [4.78, 5) is 13.5. The predicted molar refractivity (Wildman–Crippen MR) is 167 cm³/mol. The molecular formula is C29H60O8Si3. The highest BCUT2D eigenvalue weighted by Gasteiger charge is 2.61. The first-order valence-electron chi connectivity index (χ1n) is 14.8. The van der Waals surface area contributed by atoms with Crippen LogP contribution in [0.3, 0.4) is 0 Å². The molecule has 0 bridgehead atoms. The molecule has 2 saturated heterocycles. The molecule has 0 amide bonds. The van der Waals surface area contributed by atoms with Crippen molar-refractivity contribution in [3.63, 3.8) is 0 Å². The summed E-state index contributed by atoms with van der Waals surface area (Å²) in [6.45, 7) is 36.0. The van der Waals surface area contributed by atoms with Gasteiger partial charge in [-0.3, -0.25) is 0 Å². The number of carbonyl (C=O) groups is 1. The second kappa shape index (κ2) is 11.4. The van der Waals surface area contributed by atoms with Gasteiger partial charge >= 0.3 is 5.97 Å². The molecule has 2 rings (SSSR count). The van der Waals surface area contributed by atoms with E-state index in [4.69, 9.17) is 27.5 Å². The maximum absolute atomic E-state index is 13.5. The molecule has 2 fully saturated rings. The molecule has 40 heavy (non-hydrogen) atoms. The van der Waals surface area contributed by atoms with Crippen molar-refractivity contribution in [2.75, 3.05) is 6.61 Å². The lowest BCUT2D eigenvalue weighted by molar-refractivity contribution is -0.169. The molecule has 236 valence electrons. The van der Waals surface area contributed by atoms with Crippen LogP contribution in [0.2, 0.25) is 54.4 Å². The molecule has 1 N–H and O–H groups in total. The van der Waals surface area contributed by atoms with Crippen LogP contribution in [0.5, 0.6) is 0 Å². The number of aliphatic hydroxyl groups excluding tert-OH is 1. The van der Waals surface area contributed by atoms with Crippen molar-refractivity contribution in [3.8, 4) is 0 Å². The molecule has 0 aliphatic carbocycles. The number of carbonyl (C=O) groups excluding carboxylic acids is 1. The summed E-state index contributed by atoms with van der Waals surface area (Å²) in [7, 11) is -6.86. The van der Waals surface area contributed by atoms with Crippen molar-refractivity contribution in [1.82, 2.24) is 0 Å². The Morgan fingerprint density at radius 3 is 1.68 bits per heavy atom. The van der Waals surface area contributed by atoms with Crippen molar-refractivity contribution in [3.05, 3.63) is 0 Å². The normalized spacial score (nSPS) is 29.6. The summed E-state index contributed by atoms with van der Waals surface area (Å²) >= 11 is 0. The highest BCUT2D eigenvalue weighted by Crippen LogP contribution is 2.45. The van der Waals surface area contributed by atoms with Crippen LogP contribution >= 0.6 is 0 Å². The van der Waals surface area contributed by atoms with Crippen LogP contribution in [0, 0.1) is 0 Å². The second-order valence-electron chi connectivity index (χ2n) is 16.7. The fraction of sp³-hybridized carbons (Fsp3) is 0.966. The maximum atomic E-state index is 13.5. The molecule has 0 spiro atoms. The minimum absolute atomic E-state index is 0.00415. The Kier molecular flexibility index (Phi) is 10.3. The fourth-order valence-electron chi connectivity index (χ4n) is 4.06. The monoisotopic (exact) mass is 620 g/mol. The van der Waals surface area contributed by atoms with Crippen LogP contribution in [0.1, 0.15) is 76.2 Å². The Hall–Kier alpha value is -0.119. The second-order valence-corrected chi connectivity index (χ2v) is 31.1. The van der Waals surface area contributed by atoms with Crippen LogP contribution in [-0.2, 0) is 32.3 Å². The minimum atomic E-state index is -2.38. The lowest BCUT2D eigenvalue weighted by Gasteiger charge is -2.43. The smallest absolute Gasteiger partial charge is 0.337 e. The lowest BCUT2D eigenvalue weighted by Crippen LogP contribution is -2.57. The summed E-state index contributed by atoms with van der Waals surface area (Å²) < 4.78 is 38.7. The van der Waals surface area contributed by atoms with Gasteiger partial charge in [0.05, 0.1) is 6.61 Å². The average molecular weight is 621 g/mol. The van der Waals surface area contributed by atoms with E-state index in [-0.39, 0.29) is 21.7 Å². The Bertz CT molecular complexity index is 898. The number of esters is 1. The van der Waals surface area contributed by atoms with Gasteiger partial charge in [0.1, 0.15) is 24.4 Å². The van der Waals surface area contributed by atoms with Crippen molar-refractivity contribution in [2.24, 2.45) is 0 Å². The maximum Gasteiger partial charge on any atom is 0.337 e. The summed E-state index contributed by atoms with van der Waals surface area (Å²) in [5, 5.41) is 11.2. The van der Waals surface area contributed by atoms with E-state index >= 15 is 0 Å². The van der Waals surface area contributed by atoms with Gasteiger partial charge in [-0.25, -0.2) is 4.79 Å².